The maximum Gasteiger partial charge on any atom is 0.331 e. The van der Waals surface area contributed by atoms with Gasteiger partial charge < -0.3 is 9.68 Å². The molecule has 0 amide bonds. The fourth-order valence-corrected chi connectivity index (χ4v) is 4.94. The van der Waals surface area contributed by atoms with Crippen LogP contribution in [0.2, 0.25) is 0 Å². The predicted molar refractivity (Wildman–Crippen MR) is 135 cm³/mol. The van der Waals surface area contributed by atoms with Crippen LogP contribution in [0.4, 0.5) is 0 Å². The molecule has 7 nitrogen and oxygen atoms in total. The number of carbonyl (C=O) groups excluding carboxylic acids is 2. The third kappa shape index (κ3) is 4.74. The zero-order valence-corrected chi connectivity index (χ0v) is 21.2. The number of oxime groups is 2. The molecule has 35 heavy (non-hydrogen) atoms. The van der Waals surface area contributed by atoms with Crippen LogP contribution in [0.25, 0.3) is 11.1 Å². The van der Waals surface area contributed by atoms with Crippen LogP contribution in [0.5, 0.6) is 0 Å². The second-order valence-electron chi connectivity index (χ2n) is 8.56. The van der Waals surface area contributed by atoms with Crippen molar-refractivity contribution >= 4 is 23.4 Å². The first-order valence-corrected chi connectivity index (χ1v) is 12.0. The molecule has 0 N–H and O–H groups in total. The smallest absolute Gasteiger partial charge is 0.318 e. The van der Waals surface area contributed by atoms with Gasteiger partial charge in [0, 0.05) is 30.4 Å². The summed E-state index contributed by atoms with van der Waals surface area (Å²) in [5, 5.41) is 18.2. The second kappa shape index (κ2) is 10.6. The van der Waals surface area contributed by atoms with Crippen molar-refractivity contribution in [2.24, 2.45) is 10.3 Å². The lowest BCUT2D eigenvalue weighted by atomic mass is 9.73. The Kier molecular flexibility index (Phi) is 7.85. The number of rotatable bonds is 8. The Morgan fingerprint density at radius 2 is 1.40 bits per heavy atom. The van der Waals surface area contributed by atoms with E-state index in [1.807, 2.05) is 32.0 Å². The molecule has 1 aliphatic rings. The fraction of sp³-hybridized carbons (Fsp3) is 0.393. The van der Waals surface area contributed by atoms with E-state index in [1.165, 1.54) is 13.8 Å². The highest BCUT2D eigenvalue weighted by Gasteiger charge is 2.42. The number of nitriles is 1. The Bertz CT molecular complexity index is 1260. The van der Waals surface area contributed by atoms with Crippen LogP contribution in [0.1, 0.15) is 95.0 Å². The lowest BCUT2D eigenvalue weighted by molar-refractivity contribution is -0.141. The van der Waals surface area contributed by atoms with Gasteiger partial charge in [-0.1, -0.05) is 50.1 Å². The second-order valence-corrected chi connectivity index (χ2v) is 8.56. The Balaban J connectivity index is 2.27. The highest BCUT2D eigenvalue weighted by atomic mass is 16.7. The van der Waals surface area contributed by atoms with Gasteiger partial charge in [0.25, 0.3) is 0 Å². The van der Waals surface area contributed by atoms with Gasteiger partial charge >= 0.3 is 11.9 Å². The Morgan fingerprint density at radius 3 is 1.89 bits per heavy atom. The van der Waals surface area contributed by atoms with Gasteiger partial charge in [0.15, 0.2) is 0 Å². The summed E-state index contributed by atoms with van der Waals surface area (Å²) in [5.74, 6) is -0.953. The summed E-state index contributed by atoms with van der Waals surface area (Å²) < 4.78 is 0. The molecular formula is C28H31N3O4. The number of benzene rings is 2. The predicted octanol–water partition coefficient (Wildman–Crippen LogP) is 6.00. The van der Waals surface area contributed by atoms with E-state index in [9.17, 15) is 14.9 Å². The molecule has 0 spiro atoms. The van der Waals surface area contributed by atoms with Gasteiger partial charge in [-0.2, -0.15) is 5.26 Å². The summed E-state index contributed by atoms with van der Waals surface area (Å²) >= 11 is 0. The molecule has 7 heteroatoms. The maximum atomic E-state index is 11.3. The number of fused-ring (bicyclic) bond motifs is 3. The van der Waals surface area contributed by atoms with Crippen molar-refractivity contribution in [2.45, 2.75) is 72.6 Å². The summed E-state index contributed by atoms with van der Waals surface area (Å²) in [5.41, 5.74) is 7.34. The molecule has 0 aromatic heterocycles. The summed E-state index contributed by atoms with van der Waals surface area (Å²) in [6.45, 7) is 10.8. The van der Waals surface area contributed by atoms with E-state index in [1.54, 1.807) is 0 Å². The molecule has 0 aliphatic heterocycles. The lowest BCUT2D eigenvalue weighted by Crippen LogP contribution is -2.24. The van der Waals surface area contributed by atoms with Gasteiger partial charge in [0.05, 0.1) is 23.1 Å². The molecule has 0 saturated carbocycles. The van der Waals surface area contributed by atoms with Crippen LogP contribution in [0.3, 0.4) is 0 Å². The molecule has 0 saturated heterocycles. The monoisotopic (exact) mass is 473 g/mol. The number of nitrogens with zero attached hydrogens (tertiary/aromatic N) is 3. The highest BCUT2D eigenvalue weighted by molar-refractivity contribution is 6.04. The van der Waals surface area contributed by atoms with Gasteiger partial charge in [-0.3, -0.25) is 0 Å². The highest BCUT2D eigenvalue weighted by Crippen LogP contribution is 2.54. The largest absolute Gasteiger partial charge is 0.331 e. The molecule has 3 rings (SSSR count). The minimum Gasteiger partial charge on any atom is -0.318 e. The zero-order chi connectivity index (χ0) is 25.8. The molecule has 2 aromatic rings. The van der Waals surface area contributed by atoms with Crippen LogP contribution < -0.4 is 0 Å². The molecular weight excluding hydrogens is 442 g/mol. The number of hydrogen-bond acceptors (Lipinski definition) is 7. The van der Waals surface area contributed by atoms with Crippen LogP contribution in [-0.4, -0.2) is 23.4 Å². The van der Waals surface area contributed by atoms with Gasteiger partial charge in [0.1, 0.15) is 0 Å². The van der Waals surface area contributed by atoms with Crippen molar-refractivity contribution in [3.05, 3.63) is 58.1 Å². The molecule has 1 aliphatic carbocycles. The first-order chi connectivity index (χ1) is 16.8. The summed E-state index contributed by atoms with van der Waals surface area (Å²) in [6, 6.07) is 12.4. The van der Waals surface area contributed by atoms with E-state index in [0.717, 1.165) is 46.2 Å². The Hall–Kier alpha value is -3.79. The molecule has 182 valence electrons. The summed E-state index contributed by atoms with van der Waals surface area (Å²) in [7, 11) is 0. The van der Waals surface area contributed by atoms with Gasteiger partial charge in [-0.15, -0.1) is 0 Å². The normalized spacial score (nSPS) is 14.1. The molecule has 0 heterocycles. The minimum atomic E-state index is -0.490. The fourth-order valence-electron chi connectivity index (χ4n) is 4.94. The van der Waals surface area contributed by atoms with Gasteiger partial charge in [0.2, 0.25) is 0 Å². The van der Waals surface area contributed by atoms with E-state index in [2.05, 4.69) is 42.4 Å². The number of hydrogen-bond donors (Lipinski definition) is 0. The van der Waals surface area contributed by atoms with Crippen LogP contribution >= 0.6 is 0 Å². The summed E-state index contributed by atoms with van der Waals surface area (Å²) in [6.07, 6.45) is 2.80. The van der Waals surface area contributed by atoms with Gasteiger partial charge in [-0.25, -0.2) is 9.59 Å². The Labute approximate surface area is 206 Å². The van der Waals surface area contributed by atoms with E-state index < -0.39 is 11.9 Å². The van der Waals surface area contributed by atoms with Crippen molar-refractivity contribution in [3.8, 4) is 17.2 Å². The number of carbonyl (C=O) groups is 2. The van der Waals surface area contributed by atoms with Crippen LogP contribution in [-0.2, 0) is 24.7 Å². The topological polar surface area (TPSA) is 101 Å². The minimum absolute atomic E-state index is 0.317. The quantitative estimate of drug-likeness (QED) is 0.266. The molecule has 0 unspecified atom stereocenters. The van der Waals surface area contributed by atoms with Crippen molar-refractivity contribution in [2.75, 3.05) is 0 Å². The molecule has 2 aromatic carbocycles. The van der Waals surface area contributed by atoms with Crippen molar-refractivity contribution < 1.29 is 19.3 Å². The lowest BCUT2D eigenvalue weighted by Gasteiger charge is -2.30. The molecule has 0 radical (unpaired) electrons. The van der Waals surface area contributed by atoms with E-state index in [-0.39, 0.29) is 5.41 Å². The van der Waals surface area contributed by atoms with Crippen molar-refractivity contribution in [1.29, 1.82) is 5.26 Å². The van der Waals surface area contributed by atoms with Crippen LogP contribution in [0, 0.1) is 11.3 Å². The third-order valence-electron chi connectivity index (χ3n) is 6.69. The standard InChI is InChI=1S/C28H31N3O4/c1-7-25(30-34-17(5)32)19-11-12-22-23(14-19)28(9-3,10-4)24-15-20(13-21(16-29)27(22)24)26(8-2)31-35-18(6)33/h11-15H,7-10H2,1-6H3/b30-25+,31-26+. The maximum absolute atomic E-state index is 11.3. The van der Waals surface area contributed by atoms with E-state index >= 15 is 0 Å². The zero-order valence-electron chi connectivity index (χ0n) is 21.2. The van der Waals surface area contributed by atoms with Crippen molar-refractivity contribution in [3.63, 3.8) is 0 Å². The SMILES string of the molecule is CC/C(=N\OC(C)=O)c1ccc2c(c1)C(CC)(CC)c1cc(/C(CC)=N/OC(C)=O)cc(C#N)c1-2. The van der Waals surface area contributed by atoms with E-state index in [0.29, 0.717) is 29.8 Å². The molecule has 0 fully saturated rings. The third-order valence-corrected chi connectivity index (χ3v) is 6.69. The first-order valence-electron chi connectivity index (χ1n) is 12.0. The Morgan fingerprint density at radius 1 is 0.857 bits per heavy atom. The average Bonchev–Trinajstić information content (AvgIpc) is 3.13. The van der Waals surface area contributed by atoms with Gasteiger partial charge in [-0.05, 0) is 66.1 Å². The molecule has 0 bridgehead atoms. The average molecular weight is 474 g/mol. The van der Waals surface area contributed by atoms with E-state index in [4.69, 9.17) is 9.68 Å². The van der Waals surface area contributed by atoms with Crippen molar-refractivity contribution in [1.82, 2.24) is 0 Å². The first kappa shape index (κ1) is 25.8. The van der Waals surface area contributed by atoms with Crippen LogP contribution in [0.15, 0.2) is 40.6 Å². The summed E-state index contributed by atoms with van der Waals surface area (Å²) in [4.78, 5) is 32.5. The molecule has 0 atom stereocenters.